The molecular formula is C21H20N6O2. The van der Waals surface area contributed by atoms with Gasteiger partial charge in [-0.25, -0.2) is 4.98 Å². The third kappa shape index (κ3) is 2.52. The van der Waals surface area contributed by atoms with Gasteiger partial charge < -0.3 is 13.8 Å². The first kappa shape index (κ1) is 16.5. The van der Waals surface area contributed by atoms with Crippen LogP contribution in [0.4, 0.5) is 0 Å². The van der Waals surface area contributed by atoms with Crippen molar-refractivity contribution in [3.8, 4) is 34.2 Å². The standard InChI is InChI=1S/C21H20N6O2/c1-3-26-10-13-8-17-19(20-23-21(29-25-20)12-4-5-12)22-11-27(17)16-7-6-14(28-2)9-15(16)18(13)24-26/h6-7,9-12H,3-5,8H2,1-2H3. The number of ether oxygens (including phenoxy) is 1. The molecule has 0 N–H and O–H groups in total. The second-order valence-electron chi connectivity index (χ2n) is 7.56. The molecule has 3 aromatic heterocycles. The van der Waals surface area contributed by atoms with Crippen LogP contribution in [-0.2, 0) is 13.0 Å². The molecule has 6 rings (SSSR count). The number of aromatic nitrogens is 6. The van der Waals surface area contributed by atoms with Crippen molar-refractivity contribution in [3.05, 3.63) is 47.9 Å². The summed E-state index contributed by atoms with van der Waals surface area (Å²) in [6.45, 7) is 2.90. The molecule has 0 bridgehead atoms. The third-order valence-electron chi connectivity index (χ3n) is 5.68. The van der Waals surface area contributed by atoms with Crippen LogP contribution in [0.3, 0.4) is 0 Å². The van der Waals surface area contributed by atoms with E-state index in [9.17, 15) is 0 Å². The number of aryl methyl sites for hydroxylation is 1. The first-order valence-corrected chi connectivity index (χ1v) is 9.90. The van der Waals surface area contributed by atoms with E-state index >= 15 is 0 Å². The van der Waals surface area contributed by atoms with Crippen molar-refractivity contribution in [1.82, 2.24) is 29.5 Å². The molecule has 0 atom stereocenters. The van der Waals surface area contributed by atoms with Crippen LogP contribution in [0.5, 0.6) is 5.75 Å². The third-order valence-corrected chi connectivity index (χ3v) is 5.68. The lowest BCUT2D eigenvalue weighted by molar-refractivity contribution is 0.380. The van der Waals surface area contributed by atoms with Gasteiger partial charge in [0, 0.05) is 36.2 Å². The van der Waals surface area contributed by atoms with Crippen molar-refractivity contribution in [2.75, 3.05) is 7.11 Å². The Morgan fingerprint density at radius 2 is 2.14 bits per heavy atom. The average molecular weight is 388 g/mol. The van der Waals surface area contributed by atoms with E-state index in [2.05, 4.69) is 38.9 Å². The first-order valence-electron chi connectivity index (χ1n) is 9.90. The number of rotatable bonds is 4. The highest BCUT2D eigenvalue weighted by Gasteiger charge is 2.32. The lowest BCUT2D eigenvalue weighted by Gasteiger charge is -2.11. The summed E-state index contributed by atoms with van der Waals surface area (Å²) in [7, 11) is 1.68. The van der Waals surface area contributed by atoms with Crippen LogP contribution in [0.2, 0.25) is 0 Å². The molecule has 29 heavy (non-hydrogen) atoms. The Morgan fingerprint density at radius 1 is 1.24 bits per heavy atom. The highest BCUT2D eigenvalue weighted by Crippen LogP contribution is 2.41. The molecular weight excluding hydrogens is 368 g/mol. The normalized spacial score (nSPS) is 14.8. The molecule has 0 unspecified atom stereocenters. The minimum Gasteiger partial charge on any atom is -0.497 e. The van der Waals surface area contributed by atoms with E-state index < -0.39 is 0 Å². The maximum Gasteiger partial charge on any atom is 0.230 e. The maximum absolute atomic E-state index is 5.48. The van der Waals surface area contributed by atoms with Crippen LogP contribution >= 0.6 is 0 Å². The van der Waals surface area contributed by atoms with Crippen LogP contribution in [0.1, 0.15) is 42.8 Å². The van der Waals surface area contributed by atoms with Gasteiger partial charge in [-0.2, -0.15) is 10.1 Å². The SMILES string of the molecule is CCn1cc2c(n1)-c1cc(OC)ccc1-n1cnc(-c3noc(C4CC4)n3)c1C2. The summed E-state index contributed by atoms with van der Waals surface area (Å²) < 4.78 is 15.0. The molecule has 146 valence electrons. The van der Waals surface area contributed by atoms with E-state index in [1.165, 1.54) is 0 Å². The van der Waals surface area contributed by atoms with Gasteiger partial charge in [-0.3, -0.25) is 4.68 Å². The maximum atomic E-state index is 5.48. The Hall–Kier alpha value is -3.42. The summed E-state index contributed by atoms with van der Waals surface area (Å²) in [4.78, 5) is 9.28. The van der Waals surface area contributed by atoms with Gasteiger partial charge in [-0.15, -0.1) is 0 Å². The van der Waals surface area contributed by atoms with E-state index in [4.69, 9.17) is 14.4 Å². The summed E-state index contributed by atoms with van der Waals surface area (Å²) in [6, 6.07) is 6.05. The molecule has 8 heteroatoms. The van der Waals surface area contributed by atoms with E-state index in [1.54, 1.807) is 7.11 Å². The monoisotopic (exact) mass is 388 g/mol. The zero-order chi connectivity index (χ0) is 19.5. The van der Waals surface area contributed by atoms with Crippen molar-refractivity contribution in [2.45, 2.75) is 38.6 Å². The Morgan fingerprint density at radius 3 is 2.93 bits per heavy atom. The molecule has 1 saturated carbocycles. The van der Waals surface area contributed by atoms with Crippen molar-refractivity contribution < 1.29 is 9.26 Å². The van der Waals surface area contributed by atoms with Gasteiger partial charge in [-0.05, 0) is 38.0 Å². The van der Waals surface area contributed by atoms with Crippen molar-refractivity contribution in [1.29, 1.82) is 0 Å². The minimum absolute atomic E-state index is 0.417. The van der Waals surface area contributed by atoms with Gasteiger partial charge in [0.15, 0.2) is 0 Å². The highest BCUT2D eigenvalue weighted by atomic mass is 16.5. The van der Waals surface area contributed by atoms with Gasteiger partial charge >= 0.3 is 0 Å². The Bertz CT molecular complexity index is 1230. The number of hydrogen-bond donors (Lipinski definition) is 0. The molecule has 0 saturated heterocycles. The highest BCUT2D eigenvalue weighted by molar-refractivity contribution is 5.77. The Kier molecular flexibility index (Phi) is 3.44. The molecule has 4 aromatic rings. The smallest absolute Gasteiger partial charge is 0.230 e. The second-order valence-corrected chi connectivity index (χ2v) is 7.56. The molecule has 1 aliphatic carbocycles. The lowest BCUT2D eigenvalue weighted by Crippen LogP contribution is -2.01. The van der Waals surface area contributed by atoms with Gasteiger partial charge in [0.05, 0.1) is 24.2 Å². The van der Waals surface area contributed by atoms with Gasteiger partial charge in [0.25, 0.3) is 0 Å². The number of imidazole rings is 1. The van der Waals surface area contributed by atoms with Crippen molar-refractivity contribution >= 4 is 0 Å². The minimum atomic E-state index is 0.417. The lowest BCUT2D eigenvalue weighted by atomic mass is 10.0. The summed E-state index contributed by atoms with van der Waals surface area (Å²) in [5.41, 5.74) is 5.97. The molecule has 0 radical (unpaired) electrons. The van der Waals surface area contributed by atoms with Crippen molar-refractivity contribution in [3.63, 3.8) is 0 Å². The summed E-state index contributed by atoms with van der Waals surface area (Å²) in [5, 5.41) is 9.04. The number of nitrogens with zero attached hydrogens (tertiary/aromatic N) is 6. The molecule has 8 nitrogen and oxygen atoms in total. The van der Waals surface area contributed by atoms with Crippen LogP contribution in [0.25, 0.3) is 28.5 Å². The molecule has 0 spiro atoms. The van der Waals surface area contributed by atoms with Crippen LogP contribution < -0.4 is 4.74 Å². The quantitative estimate of drug-likeness (QED) is 0.468. The van der Waals surface area contributed by atoms with Crippen molar-refractivity contribution in [2.24, 2.45) is 0 Å². The second kappa shape index (κ2) is 6.04. The first-order chi connectivity index (χ1) is 14.2. The van der Waals surface area contributed by atoms with E-state index in [0.717, 1.165) is 64.9 Å². The Labute approximate surface area is 167 Å². The number of hydrogen-bond acceptors (Lipinski definition) is 6. The van der Waals surface area contributed by atoms with Crippen LogP contribution in [-0.4, -0.2) is 36.6 Å². The average Bonchev–Trinajstić information content (AvgIpc) is 3.19. The van der Waals surface area contributed by atoms with Gasteiger partial charge in [0.1, 0.15) is 17.8 Å². The molecule has 1 fully saturated rings. The summed E-state index contributed by atoms with van der Waals surface area (Å²) in [5.74, 6) is 2.50. The predicted octanol–water partition coefficient (Wildman–Crippen LogP) is 3.60. The zero-order valence-corrected chi connectivity index (χ0v) is 16.3. The summed E-state index contributed by atoms with van der Waals surface area (Å²) >= 11 is 0. The van der Waals surface area contributed by atoms with Crippen LogP contribution in [0, 0.1) is 0 Å². The molecule has 1 aromatic carbocycles. The fraction of sp³-hybridized carbons (Fsp3) is 0.333. The molecule has 2 aliphatic rings. The summed E-state index contributed by atoms with van der Waals surface area (Å²) in [6.07, 6.45) is 6.88. The molecule has 1 aliphatic heterocycles. The van der Waals surface area contributed by atoms with E-state index in [-0.39, 0.29) is 0 Å². The number of fused-ring (bicyclic) bond motifs is 5. The van der Waals surface area contributed by atoms with E-state index in [0.29, 0.717) is 18.2 Å². The zero-order valence-electron chi connectivity index (χ0n) is 16.3. The largest absolute Gasteiger partial charge is 0.497 e. The fourth-order valence-electron chi connectivity index (χ4n) is 3.97. The molecule has 0 amide bonds. The van der Waals surface area contributed by atoms with E-state index in [1.807, 2.05) is 23.1 Å². The van der Waals surface area contributed by atoms with Gasteiger partial charge in [0.2, 0.25) is 11.7 Å². The fourth-order valence-corrected chi connectivity index (χ4v) is 3.97. The number of methoxy groups -OCH3 is 1. The Balaban J connectivity index is 1.56. The van der Waals surface area contributed by atoms with Gasteiger partial charge in [-0.1, -0.05) is 5.16 Å². The predicted molar refractivity (Wildman–Crippen MR) is 105 cm³/mol. The van der Waals surface area contributed by atoms with Crippen LogP contribution in [0.15, 0.2) is 35.2 Å². The number of benzene rings is 1. The molecule has 4 heterocycles. The topological polar surface area (TPSA) is 83.8 Å².